The summed E-state index contributed by atoms with van der Waals surface area (Å²) in [6.07, 6.45) is 13.3. The van der Waals surface area contributed by atoms with Crippen LogP contribution < -0.4 is 17.2 Å². The van der Waals surface area contributed by atoms with Gasteiger partial charge in [0.1, 0.15) is 0 Å². The SMILES string of the molecule is CCCCCCCCC1(N)C=CC(N)=C(N)C1. The predicted octanol–water partition coefficient (Wildman–Crippen LogP) is 2.52. The maximum absolute atomic E-state index is 6.30. The quantitative estimate of drug-likeness (QED) is 0.595. The highest BCUT2D eigenvalue weighted by Crippen LogP contribution is 2.25. The van der Waals surface area contributed by atoms with E-state index in [1.807, 2.05) is 12.2 Å². The average Bonchev–Trinajstić information content (AvgIpc) is 2.29. The zero-order valence-electron chi connectivity index (χ0n) is 11.0. The van der Waals surface area contributed by atoms with Crippen molar-refractivity contribution in [3.8, 4) is 0 Å². The second kappa shape index (κ2) is 6.70. The summed E-state index contributed by atoms with van der Waals surface area (Å²) in [6, 6.07) is 0. The lowest BCUT2D eigenvalue weighted by Crippen LogP contribution is -2.41. The van der Waals surface area contributed by atoms with Crippen LogP contribution in [0.15, 0.2) is 23.5 Å². The third kappa shape index (κ3) is 4.82. The summed E-state index contributed by atoms with van der Waals surface area (Å²) in [5.41, 5.74) is 19.0. The molecular weight excluding hydrogens is 210 g/mol. The van der Waals surface area contributed by atoms with E-state index < -0.39 is 0 Å². The maximum atomic E-state index is 6.30. The molecule has 1 atom stereocenters. The van der Waals surface area contributed by atoms with Crippen molar-refractivity contribution in [1.29, 1.82) is 0 Å². The highest BCUT2D eigenvalue weighted by molar-refractivity contribution is 5.31. The van der Waals surface area contributed by atoms with E-state index in [2.05, 4.69) is 6.92 Å². The average molecular weight is 237 g/mol. The molecule has 0 spiro atoms. The molecule has 1 aliphatic carbocycles. The van der Waals surface area contributed by atoms with E-state index in [0.29, 0.717) is 12.1 Å². The van der Waals surface area contributed by atoms with E-state index in [1.54, 1.807) is 0 Å². The number of unbranched alkanes of at least 4 members (excludes halogenated alkanes) is 5. The number of nitrogens with two attached hydrogens (primary N) is 3. The van der Waals surface area contributed by atoms with Gasteiger partial charge >= 0.3 is 0 Å². The van der Waals surface area contributed by atoms with Crippen molar-refractivity contribution in [3.05, 3.63) is 23.5 Å². The first-order valence-electron chi connectivity index (χ1n) is 6.79. The molecule has 0 aromatic heterocycles. The highest BCUT2D eigenvalue weighted by Gasteiger charge is 2.25. The van der Waals surface area contributed by atoms with E-state index >= 15 is 0 Å². The Kier molecular flexibility index (Phi) is 5.56. The van der Waals surface area contributed by atoms with Crippen molar-refractivity contribution >= 4 is 0 Å². The fourth-order valence-electron chi connectivity index (χ4n) is 2.28. The minimum Gasteiger partial charge on any atom is -0.400 e. The van der Waals surface area contributed by atoms with Crippen LogP contribution in [0.3, 0.4) is 0 Å². The molecule has 0 aromatic rings. The lowest BCUT2D eigenvalue weighted by molar-refractivity contribution is 0.440. The lowest BCUT2D eigenvalue weighted by atomic mass is 9.84. The normalized spacial score (nSPS) is 24.4. The largest absolute Gasteiger partial charge is 0.400 e. The van der Waals surface area contributed by atoms with E-state index in [9.17, 15) is 0 Å². The fourth-order valence-corrected chi connectivity index (χ4v) is 2.28. The van der Waals surface area contributed by atoms with Gasteiger partial charge in [-0.05, 0) is 12.5 Å². The van der Waals surface area contributed by atoms with Crippen molar-refractivity contribution in [3.63, 3.8) is 0 Å². The molecular formula is C14H27N3. The van der Waals surface area contributed by atoms with Gasteiger partial charge in [0.2, 0.25) is 0 Å². The molecule has 0 bridgehead atoms. The van der Waals surface area contributed by atoms with Gasteiger partial charge in [0, 0.05) is 17.7 Å². The van der Waals surface area contributed by atoms with Crippen LogP contribution in [0.4, 0.5) is 0 Å². The molecule has 1 aliphatic rings. The van der Waals surface area contributed by atoms with Crippen LogP contribution in [-0.4, -0.2) is 5.54 Å². The van der Waals surface area contributed by atoms with Crippen molar-refractivity contribution in [2.24, 2.45) is 17.2 Å². The van der Waals surface area contributed by atoms with Gasteiger partial charge < -0.3 is 17.2 Å². The minimum absolute atomic E-state index is 0.266. The molecule has 6 N–H and O–H groups in total. The Balaban J connectivity index is 2.21. The molecule has 0 saturated heterocycles. The Bertz CT molecular complexity index is 294. The summed E-state index contributed by atoms with van der Waals surface area (Å²) in [6.45, 7) is 2.24. The van der Waals surface area contributed by atoms with Crippen LogP contribution in [-0.2, 0) is 0 Å². The second-order valence-electron chi connectivity index (χ2n) is 5.24. The molecule has 0 aromatic carbocycles. The van der Waals surface area contributed by atoms with Crippen molar-refractivity contribution in [2.75, 3.05) is 0 Å². The summed E-state index contributed by atoms with van der Waals surface area (Å²) in [4.78, 5) is 0. The summed E-state index contributed by atoms with van der Waals surface area (Å²) in [5.74, 6) is 0. The smallest absolute Gasteiger partial charge is 0.0503 e. The van der Waals surface area contributed by atoms with Crippen molar-refractivity contribution in [2.45, 2.75) is 63.8 Å². The Labute approximate surface area is 105 Å². The molecule has 3 heteroatoms. The Morgan fingerprint density at radius 1 is 1.12 bits per heavy atom. The minimum atomic E-state index is -0.266. The lowest BCUT2D eigenvalue weighted by Gasteiger charge is -2.29. The molecule has 1 rings (SSSR count). The molecule has 17 heavy (non-hydrogen) atoms. The first kappa shape index (κ1) is 14.1. The molecule has 0 aliphatic heterocycles. The molecule has 3 nitrogen and oxygen atoms in total. The fraction of sp³-hybridized carbons (Fsp3) is 0.714. The standard InChI is InChI=1S/C14H27N3/c1-2-3-4-5-6-7-9-14(17)10-8-12(15)13(16)11-14/h8,10H,2-7,9,11,15-17H2,1H3. The summed E-state index contributed by atoms with van der Waals surface area (Å²) < 4.78 is 0. The molecule has 0 saturated carbocycles. The Hall–Kier alpha value is -0.960. The first-order valence-corrected chi connectivity index (χ1v) is 6.79. The third-order valence-corrected chi connectivity index (χ3v) is 3.48. The van der Waals surface area contributed by atoms with Gasteiger partial charge in [0.15, 0.2) is 0 Å². The topological polar surface area (TPSA) is 78.1 Å². The van der Waals surface area contributed by atoms with Crippen LogP contribution in [0, 0.1) is 0 Å². The molecule has 0 radical (unpaired) electrons. The summed E-state index contributed by atoms with van der Waals surface area (Å²) in [7, 11) is 0. The van der Waals surface area contributed by atoms with E-state index in [-0.39, 0.29) is 5.54 Å². The van der Waals surface area contributed by atoms with E-state index in [0.717, 1.165) is 12.1 Å². The van der Waals surface area contributed by atoms with Gasteiger partial charge in [-0.3, -0.25) is 0 Å². The Morgan fingerprint density at radius 2 is 1.76 bits per heavy atom. The highest BCUT2D eigenvalue weighted by atomic mass is 14.8. The Morgan fingerprint density at radius 3 is 2.41 bits per heavy atom. The zero-order valence-corrected chi connectivity index (χ0v) is 11.0. The van der Waals surface area contributed by atoms with Gasteiger partial charge in [0.05, 0.1) is 5.70 Å². The van der Waals surface area contributed by atoms with E-state index in [4.69, 9.17) is 17.2 Å². The van der Waals surface area contributed by atoms with Gasteiger partial charge in [-0.25, -0.2) is 0 Å². The first-order chi connectivity index (χ1) is 8.07. The maximum Gasteiger partial charge on any atom is 0.0503 e. The number of rotatable bonds is 7. The van der Waals surface area contributed by atoms with Gasteiger partial charge in [0.25, 0.3) is 0 Å². The molecule has 1 unspecified atom stereocenters. The van der Waals surface area contributed by atoms with Crippen LogP contribution in [0.1, 0.15) is 58.3 Å². The van der Waals surface area contributed by atoms with Crippen molar-refractivity contribution in [1.82, 2.24) is 0 Å². The molecule has 0 fully saturated rings. The number of hydrogen-bond donors (Lipinski definition) is 3. The number of allylic oxidation sites excluding steroid dienone is 1. The van der Waals surface area contributed by atoms with Gasteiger partial charge in [-0.15, -0.1) is 0 Å². The zero-order chi connectivity index (χ0) is 12.7. The van der Waals surface area contributed by atoms with Crippen LogP contribution in [0.2, 0.25) is 0 Å². The van der Waals surface area contributed by atoms with Crippen LogP contribution in [0.25, 0.3) is 0 Å². The van der Waals surface area contributed by atoms with Gasteiger partial charge in [-0.1, -0.05) is 51.5 Å². The third-order valence-electron chi connectivity index (χ3n) is 3.48. The second-order valence-corrected chi connectivity index (χ2v) is 5.24. The predicted molar refractivity (Wildman–Crippen MR) is 74.1 cm³/mol. The molecule has 0 heterocycles. The molecule has 0 amide bonds. The van der Waals surface area contributed by atoms with E-state index in [1.165, 1.54) is 38.5 Å². The summed E-state index contributed by atoms with van der Waals surface area (Å²) >= 11 is 0. The summed E-state index contributed by atoms with van der Waals surface area (Å²) in [5, 5.41) is 0. The molecule has 98 valence electrons. The van der Waals surface area contributed by atoms with Crippen molar-refractivity contribution < 1.29 is 0 Å². The monoisotopic (exact) mass is 237 g/mol. The number of hydrogen-bond acceptors (Lipinski definition) is 3. The van der Waals surface area contributed by atoms with Gasteiger partial charge in [-0.2, -0.15) is 0 Å². The van der Waals surface area contributed by atoms with Crippen LogP contribution >= 0.6 is 0 Å². The van der Waals surface area contributed by atoms with Crippen LogP contribution in [0.5, 0.6) is 0 Å².